The number of hydrogen-bond acceptors (Lipinski definition) is 2. The summed E-state index contributed by atoms with van der Waals surface area (Å²) in [5, 5.41) is 15.3. The first kappa shape index (κ1) is 13.4. The van der Waals surface area contributed by atoms with Gasteiger partial charge in [-0.05, 0) is 30.9 Å². The summed E-state index contributed by atoms with van der Waals surface area (Å²) in [7, 11) is 0. The zero-order valence-electron chi connectivity index (χ0n) is 12.0. The molecule has 1 aromatic heterocycles. The minimum atomic E-state index is -0.465. The maximum absolute atomic E-state index is 11.0. The Morgan fingerprint density at radius 2 is 2.00 bits per heavy atom. The molecular formula is C17H22N2O. The molecule has 0 saturated heterocycles. The number of hydrogen-bond donors (Lipinski definition) is 1. The maximum atomic E-state index is 11.0. The van der Waals surface area contributed by atoms with E-state index in [4.69, 9.17) is 0 Å². The first-order valence-electron chi connectivity index (χ1n) is 7.53. The van der Waals surface area contributed by atoms with Crippen molar-refractivity contribution in [2.45, 2.75) is 50.7 Å². The third kappa shape index (κ3) is 2.06. The second-order valence-corrected chi connectivity index (χ2v) is 5.76. The normalized spacial score (nSPS) is 18.5. The van der Waals surface area contributed by atoms with Gasteiger partial charge in [0.25, 0.3) is 0 Å². The van der Waals surface area contributed by atoms with Gasteiger partial charge in [-0.3, -0.25) is 4.68 Å². The summed E-state index contributed by atoms with van der Waals surface area (Å²) >= 11 is 0. The molecule has 1 aliphatic carbocycles. The Kier molecular flexibility index (Phi) is 3.62. The van der Waals surface area contributed by atoms with Crippen LogP contribution in [-0.2, 0) is 12.0 Å². The zero-order chi connectivity index (χ0) is 14.0. The van der Waals surface area contributed by atoms with Crippen molar-refractivity contribution in [1.29, 1.82) is 0 Å². The molecule has 0 aliphatic heterocycles. The fraction of sp³-hybridized carbons (Fsp3) is 0.471. The van der Waals surface area contributed by atoms with Gasteiger partial charge in [-0.2, -0.15) is 5.10 Å². The molecule has 1 heterocycles. The van der Waals surface area contributed by atoms with Gasteiger partial charge in [0.15, 0.2) is 0 Å². The molecule has 3 rings (SSSR count). The van der Waals surface area contributed by atoms with Crippen molar-refractivity contribution >= 4 is 0 Å². The predicted octanol–water partition coefficient (Wildman–Crippen LogP) is 3.45. The van der Waals surface area contributed by atoms with Gasteiger partial charge in [0.1, 0.15) is 6.10 Å². The number of aliphatic hydroxyl groups is 1. The van der Waals surface area contributed by atoms with Gasteiger partial charge in [0.2, 0.25) is 0 Å². The molecule has 1 aromatic carbocycles. The lowest BCUT2D eigenvalue weighted by molar-refractivity contribution is 0.0204. The molecular weight excluding hydrogens is 248 g/mol. The van der Waals surface area contributed by atoms with Crippen LogP contribution >= 0.6 is 0 Å². The molecule has 0 bridgehead atoms. The maximum Gasteiger partial charge on any atom is 0.105 e. The SMILES string of the molecule is CCCn1nccc1C(O)C1(c2ccccc2)CCC1. The Balaban J connectivity index is 1.95. The van der Waals surface area contributed by atoms with Crippen molar-refractivity contribution in [2.75, 3.05) is 0 Å². The Morgan fingerprint density at radius 3 is 2.60 bits per heavy atom. The smallest absolute Gasteiger partial charge is 0.105 e. The number of benzene rings is 1. The monoisotopic (exact) mass is 270 g/mol. The van der Waals surface area contributed by atoms with Gasteiger partial charge < -0.3 is 5.11 Å². The standard InChI is InChI=1S/C17H22N2O/c1-2-13-19-15(9-12-18-19)16(20)17(10-6-11-17)14-7-4-3-5-8-14/h3-5,7-9,12,16,20H,2,6,10-11,13H2,1H3. The minimum absolute atomic E-state index is 0.118. The average Bonchev–Trinajstić information content (AvgIpc) is 2.87. The van der Waals surface area contributed by atoms with Crippen LogP contribution < -0.4 is 0 Å². The number of aromatic nitrogens is 2. The highest BCUT2D eigenvalue weighted by Gasteiger charge is 2.46. The predicted molar refractivity (Wildman–Crippen MR) is 79.4 cm³/mol. The van der Waals surface area contributed by atoms with E-state index in [2.05, 4.69) is 36.3 Å². The second-order valence-electron chi connectivity index (χ2n) is 5.76. The first-order chi connectivity index (χ1) is 9.78. The summed E-state index contributed by atoms with van der Waals surface area (Å²) in [6, 6.07) is 12.4. The summed E-state index contributed by atoms with van der Waals surface area (Å²) in [6.45, 7) is 3.00. The second kappa shape index (κ2) is 5.41. The first-order valence-corrected chi connectivity index (χ1v) is 7.53. The molecule has 1 unspecified atom stereocenters. The van der Waals surface area contributed by atoms with Crippen molar-refractivity contribution in [2.24, 2.45) is 0 Å². The van der Waals surface area contributed by atoms with Crippen molar-refractivity contribution in [3.05, 3.63) is 53.9 Å². The molecule has 1 saturated carbocycles. The molecule has 3 heteroatoms. The summed E-state index contributed by atoms with van der Waals surface area (Å²) in [5.41, 5.74) is 2.09. The van der Waals surface area contributed by atoms with E-state index in [0.29, 0.717) is 0 Å². The van der Waals surface area contributed by atoms with Crippen LogP contribution in [0.2, 0.25) is 0 Å². The van der Waals surface area contributed by atoms with Crippen LogP contribution in [0.4, 0.5) is 0 Å². The minimum Gasteiger partial charge on any atom is -0.386 e. The molecule has 0 amide bonds. The van der Waals surface area contributed by atoms with Crippen LogP contribution in [0, 0.1) is 0 Å². The van der Waals surface area contributed by atoms with E-state index < -0.39 is 6.10 Å². The third-order valence-corrected chi connectivity index (χ3v) is 4.58. The number of rotatable bonds is 5. The van der Waals surface area contributed by atoms with E-state index in [0.717, 1.165) is 31.5 Å². The van der Waals surface area contributed by atoms with Crippen LogP contribution in [0.25, 0.3) is 0 Å². The van der Waals surface area contributed by atoms with Crippen molar-refractivity contribution in [1.82, 2.24) is 9.78 Å². The van der Waals surface area contributed by atoms with E-state index in [9.17, 15) is 5.11 Å². The Morgan fingerprint density at radius 1 is 1.25 bits per heavy atom. The van der Waals surface area contributed by atoms with Crippen LogP contribution in [0.1, 0.15) is 50.0 Å². The third-order valence-electron chi connectivity index (χ3n) is 4.58. The van der Waals surface area contributed by atoms with Gasteiger partial charge in [-0.25, -0.2) is 0 Å². The molecule has 1 fully saturated rings. The molecule has 20 heavy (non-hydrogen) atoms. The summed E-state index contributed by atoms with van der Waals surface area (Å²) in [5.74, 6) is 0. The summed E-state index contributed by atoms with van der Waals surface area (Å²) in [6.07, 6.45) is 5.65. The molecule has 1 atom stereocenters. The fourth-order valence-corrected chi connectivity index (χ4v) is 3.30. The van der Waals surface area contributed by atoms with E-state index in [-0.39, 0.29) is 5.41 Å². The molecule has 1 N–H and O–H groups in total. The molecule has 1 aliphatic rings. The number of aryl methyl sites for hydroxylation is 1. The highest BCUT2D eigenvalue weighted by molar-refractivity contribution is 5.32. The van der Waals surface area contributed by atoms with E-state index in [1.165, 1.54) is 12.0 Å². The lowest BCUT2D eigenvalue weighted by atomic mass is 9.60. The van der Waals surface area contributed by atoms with Crippen LogP contribution in [0.3, 0.4) is 0 Å². The molecule has 2 aromatic rings. The summed E-state index contributed by atoms with van der Waals surface area (Å²) < 4.78 is 1.95. The van der Waals surface area contributed by atoms with Crippen LogP contribution in [0.5, 0.6) is 0 Å². The quantitative estimate of drug-likeness (QED) is 0.903. The van der Waals surface area contributed by atoms with Crippen molar-refractivity contribution < 1.29 is 5.11 Å². The fourth-order valence-electron chi connectivity index (χ4n) is 3.30. The largest absolute Gasteiger partial charge is 0.386 e. The van der Waals surface area contributed by atoms with Gasteiger partial charge in [0, 0.05) is 18.2 Å². The Labute approximate surface area is 120 Å². The highest BCUT2D eigenvalue weighted by atomic mass is 16.3. The molecule has 0 spiro atoms. The highest BCUT2D eigenvalue weighted by Crippen LogP contribution is 2.51. The number of aliphatic hydroxyl groups excluding tert-OH is 1. The van der Waals surface area contributed by atoms with E-state index in [1.54, 1.807) is 6.20 Å². The molecule has 106 valence electrons. The topological polar surface area (TPSA) is 38.0 Å². The molecule has 0 radical (unpaired) electrons. The average molecular weight is 270 g/mol. The lowest BCUT2D eigenvalue weighted by Gasteiger charge is -2.46. The van der Waals surface area contributed by atoms with Crippen molar-refractivity contribution in [3.8, 4) is 0 Å². The van der Waals surface area contributed by atoms with Gasteiger partial charge in [-0.15, -0.1) is 0 Å². The van der Waals surface area contributed by atoms with Crippen LogP contribution in [0.15, 0.2) is 42.6 Å². The van der Waals surface area contributed by atoms with Crippen LogP contribution in [-0.4, -0.2) is 14.9 Å². The Hall–Kier alpha value is -1.61. The van der Waals surface area contributed by atoms with Gasteiger partial charge >= 0.3 is 0 Å². The summed E-state index contributed by atoms with van der Waals surface area (Å²) in [4.78, 5) is 0. The van der Waals surface area contributed by atoms with E-state index >= 15 is 0 Å². The van der Waals surface area contributed by atoms with Crippen molar-refractivity contribution in [3.63, 3.8) is 0 Å². The lowest BCUT2D eigenvalue weighted by Crippen LogP contribution is -2.41. The van der Waals surface area contributed by atoms with Gasteiger partial charge in [-0.1, -0.05) is 43.7 Å². The zero-order valence-corrected chi connectivity index (χ0v) is 12.0. The Bertz CT molecular complexity index is 557. The number of nitrogens with zero attached hydrogens (tertiary/aromatic N) is 2. The van der Waals surface area contributed by atoms with Gasteiger partial charge in [0.05, 0.1) is 5.69 Å². The molecule has 3 nitrogen and oxygen atoms in total. The van der Waals surface area contributed by atoms with E-state index in [1.807, 2.05) is 16.8 Å².